The van der Waals surface area contributed by atoms with E-state index in [1.165, 1.54) is 11.0 Å². The Morgan fingerprint density at radius 1 is 1.00 bits per heavy atom. The van der Waals surface area contributed by atoms with E-state index >= 15 is 0 Å². The normalized spacial score (nSPS) is 22.9. The molecule has 2 aromatic carbocycles. The van der Waals surface area contributed by atoms with Crippen molar-refractivity contribution >= 4 is 22.5 Å². The van der Waals surface area contributed by atoms with Crippen LogP contribution >= 0.6 is 0 Å². The number of ether oxygens (including phenoxy) is 2. The Bertz CT molecular complexity index is 1230. The summed E-state index contributed by atoms with van der Waals surface area (Å²) in [5.74, 6) is 1.29. The van der Waals surface area contributed by atoms with Crippen LogP contribution in [0.4, 0.5) is 11.5 Å². The van der Waals surface area contributed by atoms with Gasteiger partial charge in [-0.3, -0.25) is 0 Å². The van der Waals surface area contributed by atoms with Gasteiger partial charge in [-0.25, -0.2) is 14.6 Å². The summed E-state index contributed by atoms with van der Waals surface area (Å²) in [7, 11) is 1.61. The number of methoxy groups -OCH3 is 1. The van der Waals surface area contributed by atoms with Gasteiger partial charge in [-0.1, -0.05) is 18.2 Å². The van der Waals surface area contributed by atoms with Crippen LogP contribution in [0.5, 0.6) is 5.75 Å². The summed E-state index contributed by atoms with van der Waals surface area (Å²) in [6.45, 7) is 1.71. The van der Waals surface area contributed by atoms with E-state index in [4.69, 9.17) is 14.6 Å². The van der Waals surface area contributed by atoms with E-state index in [1.807, 2.05) is 54.6 Å². The van der Waals surface area contributed by atoms with Crippen LogP contribution in [-0.2, 0) is 4.74 Å². The van der Waals surface area contributed by atoms with E-state index < -0.39 is 24.5 Å². The van der Waals surface area contributed by atoms with Crippen molar-refractivity contribution < 1.29 is 19.7 Å². The number of hydrogen-bond acceptors (Lipinski definition) is 8. The van der Waals surface area contributed by atoms with Gasteiger partial charge in [0.25, 0.3) is 0 Å². The fraction of sp³-hybridized carbons (Fsp3) is 0.261. The van der Waals surface area contributed by atoms with Crippen LogP contribution < -0.4 is 10.1 Å². The van der Waals surface area contributed by atoms with Gasteiger partial charge in [0.15, 0.2) is 11.9 Å². The maximum Gasteiger partial charge on any atom is 0.181 e. The molecule has 0 unspecified atom stereocenters. The third-order valence-corrected chi connectivity index (χ3v) is 5.61. The van der Waals surface area contributed by atoms with E-state index in [0.717, 1.165) is 17.0 Å². The number of rotatable bonds is 5. The first kappa shape index (κ1) is 20.4. The quantitative estimate of drug-likeness (QED) is 0.440. The van der Waals surface area contributed by atoms with Gasteiger partial charge in [-0.2, -0.15) is 5.10 Å². The van der Waals surface area contributed by atoms with Gasteiger partial charge in [0.05, 0.1) is 18.6 Å². The SMILES string of the molecule is COc1ccc(-c2nn([C@@H]3O[C@@H](C)[C@@H](O)[C@H]3O)c3ncnc(Nc4ccccc4)c23)cc1. The zero-order valence-electron chi connectivity index (χ0n) is 17.6. The van der Waals surface area contributed by atoms with Crippen LogP contribution in [0.2, 0.25) is 0 Å². The van der Waals surface area contributed by atoms with Gasteiger partial charge in [-0.05, 0) is 43.3 Å². The first-order valence-electron chi connectivity index (χ1n) is 10.3. The van der Waals surface area contributed by atoms with Crippen LogP contribution in [-0.4, -0.2) is 55.4 Å². The topological polar surface area (TPSA) is 115 Å². The second-order valence-corrected chi connectivity index (χ2v) is 7.65. The summed E-state index contributed by atoms with van der Waals surface area (Å²) in [6, 6.07) is 17.2. The molecule has 2 aromatic heterocycles. The molecule has 0 bridgehead atoms. The molecule has 0 radical (unpaired) electrons. The lowest BCUT2D eigenvalue weighted by atomic mass is 10.1. The number of aromatic nitrogens is 4. The molecule has 1 saturated heterocycles. The molecule has 1 aliphatic heterocycles. The molecule has 0 saturated carbocycles. The first-order valence-corrected chi connectivity index (χ1v) is 10.3. The van der Waals surface area contributed by atoms with Crippen molar-refractivity contribution in [3.05, 3.63) is 60.9 Å². The molecule has 9 nitrogen and oxygen atoms in total. The highest BCUT2D eigenvalue weighted by Crippen LogP contribution is 2.37. The molecule has 0 amide bonds. The molecule has 164 valence electrons. The Balaban J connectivity index is 1.69. The minimum absolute atomic E-state index is 0.481. The van der Waals surface area contributed by atoms with E-state index in [9.17, 15) is 10.2 Å². The Kier molecular flexibility index (Phi) is 5.22. The Hall–Kier alpha value is -3.53. The van der Waals surface area contributed by atoms with Crippen molar-refractivity contribution in [1.29, 1.82) is 0 Å². The van der Waals surface area contributed by atoms with Crippen LogP contribution in [0.3, 0.4) is 0 Å². The van der Waals surface area contributed by atoms with Crippen LogP contribution in [0.25, 0.3) is 22.3 Å². The number of benzene rings is 2. The fourth-order valence-corrected chi connectivity index (χ4v) is 3.88. The second kappa shape index (κ2) is 8.19. The van der Waals surface area contributed by atoms with Crippen LogP contribution in [0.1, 0.15) is 13.2 Å². The van der Waals surface area contributed by atoms with Gasteiger partial charge in [0, 0.05) is 11.3 Å². The highest BCUT2D eigenvalue weighted by atomic mass is 16.6. The van der Waals surface area contributed by atoms with E-state index in [-0.39, 0.29) is 0 Å². The monoisotopic (exact) mass is 433 g/mol. The molecule has 1 aliphatic rings. The standard InChI is InChI=1S/C23H23N5O4/c1-13-19(29)20(30)23(32-13)28-22-17(18(27-28)14-8-10-16(31-2)11-9-14)21(24-12-25-22)26-15-6-4-3-5-7-15/h3-13,19-20,23,29-30H,1-2H3,(H,24,25,26)/t13-,19+,20+,23+/m0/s1. The third kappa shape index (κ3) is 3.46. The van der Waals surface area contributed by atoms with Gasteiger partial charge in [0.1, 0.15) is 35.8 Å². The van der Waals surface area contributed by atoms with E-state index in [0.29, 0.717) is 22.5 Å². The molecule has 32 heavy (non-hydrogen) atoms. The van der Waals surface area contributed by atoms with Crippen molar-refractivity contribution in [3.8, 4) is 17.0 Å². The molecule has 4 aromatic rings. The highest BCUT2D eigenvalue weighted by molar-refractivity contribution is 6.00. The smallest absolute Gasteiger partial charge is 0.181 e. The van der Waals surface area contributed by atoms with E-state index in [2.05, 4.69) is 15.3 Å². The summed E-state index contributed by atoms with van der Waals surface area (Å²) in [5.41, 5.74) is 2.78. The number of nitrogens with zero attached hydrogens (tertiary/aromatic N) is 4. The van der Waals surface area contributed by atoms with Crippen LogP contribution in [0, 0.1) is 0 Å². The Labute approximate surface area is 184 Å². The lowest BCUT2D eigenvalue weighted by molar-refractivity contribution is -0.0370. The minimum Gasteiger partial charge on any atom is -0.497 e. The highest BCUT2D eigenvalue weighted by Gasteiger charge is 2.43. The average Bonchev–Trinajstić information content (AvgIpc) is 3.33. The number of anilines is 2. The number of nitrogens with one attached hydrogen (secondary N) is 1. The first-order chi connectivity index (χ1) is 15.6. The van der Waals surface area contributed by atoms with E-state index in [1.54, 1.807) is 14.0 Å². The molecule has 1 fully saturated rings. The number of aliphatic hydroxyl groups excluding tert-OH is 2. The molecule has 9 heteroatoms. The summed E-state index contributed by atoms with van der Waals surface area (Å²) in [5, 5.41) is 29.6. The summed E-state index contributed by atoms with van der Waals surface area (Å²) < 4.78 is 12.6. The summed E-state index contributed by atoms with van der Waals surface area (Å²) in [6.07, 6.45) is -2.15. The van der Waals surface area contributed by atoms with Crippen LogP contribution in [0.15, 0.2) is 60.9 Å². The Morgan fingerprint density at radius 2 is 1.75 bits per heavy atom. The second-order valence-electron chi connectivity index (χ2n) is 7.65. The van der Waals surface area contributed by atoms with Crippen molar-refractivity contribution in [2.45, 2.75) is 31.5 Å². The minimum atomic E-state index is -1.14. The molecule has 4 atom stereocenters. The molecular formula is C23H23N5O4. The molecule has 3 heterocycles. The lowest BCUT2D eigenvalue weighted by Crippen LogP contribution is -2.30. The third-order valence-electron chi connectivity index (χ3n) is 5.61. The van der Waals surface area contributed by atoms with Crippen molar-refractivity contribution in [1.82, 2.24) is 19.7 Å². The lowest BCUT2D eigenvalue weighted by Gasteiger charge is -2.15. The predicted molar refractivity (Wildman–Crippen MR) is 119 cm³/mol. The van der Waals surface area contributed by atoms with Crippen molar-refractivity contribution in [2.24, 2.45) is 0 Å². The largest absolute Gasteiger partial charge is 0.497 e. The molecular weight excluding hydrogens is 410 g/mol. The Morgan fingerprint density at radius 3 is 2.41 bits per heavy atom. The zero-order valence-corrected chi connectivity index (χ0v) is 17.6. The zero-order chi connectivity index (χ0) is 22.2. The maximum absolute atomic E-state index is 10.6. The number of hydrogen-bond donors (Lipinski definition) is 3. The van der Waals surface area contributed by atoms with Gasteiger partial charge in [-0.15, -0.1) is 0 Å². The fourth-order valence-electron chi connectivity index (χ4n) is 3.88. The van der Waals surface area contributed by atoms with Gasteiger partial charge >= 0.3 is 0 Å². The summed E-state index contributed by atoms with van der Waals surface area (Å²) in [4.78, 5) is 8.90. The van der Waals surface area contributed by atoms with Gasteiger partial charge in [0.2, 0.25) is 0 Å². The molecule has 5 rings (SSSR count). The van der Waals surface area contributed by atoms with Crippen molar-refractivity contribution in [3.63, 3.8) is 0 Å². The van der Waals surface area contributed by atoms with Gasteiger partial charge < -0.3 is 25.0 Å². The molecule has 0 aliphatic carbocycles. The number of fused-ring (bicyclic) bond motifs is 1. The number of para-hydroxylation sites is 1. The number of aliphatic hydroxyl groups is 2. The van der Waals surface area contributed by atoms with Crippen molar-refractivity contribution in [2.75, 3.05) is 12.4 Å². The maximum atomic E-state index is 10.6. The molecule has 3 N–H and O–H groups in total. The molecule has 0 spiro atoms. The predicted octanol–water partition coefficient (Wildman–Crippen LogP) is 2.88. The average molecular weight is 433 g/mol. The summed E-state index contributed by atoms with van der Waals surface area (Å²) >= 11 is 0.